The minimum Gasteiger partial charge on any atom is -0.310 e. The van der Waals surface area contributed by atoms with Crippen molar-refractivity contribution in [3.63, 3.8) is 0 Å². The van der Waals surface area contributed by atoms with Gasteiger partial charge in [-0.15, -0.1) is 0 Å². The Bertz CT molecular complexity index is 3570. The number of para-hydroxylation sites is 1. The Morgan fingerprint density at radius 3 is 1.61 bits per heavy atom. The maximum absolute atomic E-state index is 2.43. The summed E-state index contributed by atoms with van der Waals surface area (Å²) in [6, 6.07) is 87.2. The van der Waals surface area contributed by atoms with E-state index in [1.807, 2.05) is 0 Å². The first-order valence-corrected chi connectivity index (χ1v) is 22.3. The monoisotopic (exact) mass is 815 g/mol. The van der Waals surface area contributed by atoms with Gasteiger partial charge in [-0.2, -0.15) is 0 Å². The van der Waals surface area contributed by atoms with Crippen molar-refractivity contribution < 1.29 is 0 Å². The van der Waals surface area contributed by atoms with Crippen LogP contribution in [0.1, 0.15) is 25.0 Å². The molecular weight excluding hydrogens is 771 g/mol. The zero-order valence-corrected chi connectivity index (χ0v) is 36.0. The second kappa shape index (κ2) is 15.1. The maximum Gasteiger partial charge on any atom is 0.0540 e. The van der Waals surface area contributed by atoms with Gasteiger partial charge >= 0.3 is 0 Å². The third kappa shape index (κ3) is 6.23. The summed E-state index contributed by atoms with van der Waals surface area (Å²) in [6.45, 7) is 4.74. The largest absolute Gasteiger partial charge is 0.310 e. The summed E-state index contributed by atoms with van der Waals surface area (Å²) in [4.78, 5) is 2.43. The van der Waals surface area contributed by atoms with Crippen LogP contribution in [0.2, 0.25) is 0 Å². The normalized spacial score (nSPS) is 12.7. The molecule has 1 aliphatic rings. The average Bonchev–Trinajstić information content (AvgIpc) is 3.60. The molecule has 11 aromatic rings. The van der Waals surface area contributed by atoms with Crippen molar-refractivity contribution in [3.8, 4) is 55.6 Å². The van der Waals surface area contributed by atoms with Gasteiger partial charge in [0.15, 0.2) is 0 Å². The molecule has 11 aromatic carbocycles. The lowest BCUT2D eigenvalue weighted by Crippen LogP contribution is -2.16. The zero-order valence-electron chi connectivity index (χ0n) is 36.0. The predicted molar refractivity (Wildman–Crippen MR) is 273 cm³/mol. The van der Waals surface area contributed by atoms with E-state index in [0.29, 0.717) is 0 Å². The molecule has 0 atom stereocenters. The van der Waals surface area contributed by atoms with E-state index in [1.54, 1.807) is 0 Å². The first-order valence-electron chi connectivity index (χ1n) is 22.3. The molecule has 0 spiro atoms. The number of nitrogens with zero attached hydrogens (tertiary/aromatic N) is 1. The van der Waals surface area contributed by atoms with E-state index in [4.69, 9.17) is 0 Å². The van der Waals surface area contributed by atoms with E-state index >= 15 is 0 Å². The molecule has 12 rings (SSSR count). The van der Waals surface area contributed by atoms with Crippen LogP contribution in [-0.4, -0.2) is 0 Å². The quantitative estimate of drug-likeness (QED) is 0.145. The molecule has 0 bridgehead atoms. The SMILES string of the molecule is CC1(C)c2ccccc2-c2cccc(-c3ccc(N(c4ccc(-c5ccc6c(ccc7ccccc76)c5)cc4)c4ccccc4-c4cccc(-c5cccc6ccccc56)c4)cc3)c21. The fourth-order valence-electron chi connectivity index (χ4n) is 10.5. The fraction of sp³-hybridized carbons (Fsp3) is 0.0476. The molecule has 0 amide bonds. The van der Waals surface area contributed by atoms with Gasteiger partial charge in [-0.05, 0) is 136 Å². The molecule has 1 aliphatic carbocycles. The molecule has 1 heteroatoms. The first-order chi connectivity index (χ1) is 31.5. The summed E-state index contributed by atoms with van der Waals surface area (Å²) in [7, 11) is 0. The topological polar surface area (TPSA) is 3.24 Å². The van der Waals surface area contributed by atoms with Crippen LogP contribution in [0.15, 0.2) is 237 Å². The van der Waals surface area contributed by atoms with Crippen LogP contribution in [0, 0.1) is 0 Å². The summed E-state index contributed by atoms with van der Waals surface area (Å²) in [5, 5.41) is 7.59. The van der Waals surface area contributed by atoms with Gasteiger partial charge in [0.05, 0.1) is 5.69 Å². The molecule has 1 nitrogen and oxygen atoms in total. The predicted octanol–water partition coefficient (Wildman–Crippen LogP) is 17.6. The third-order valence-corrected chi connectivity index (χ3v) is 13.6. The molecular formula is C63H45N. The summed E-state index contributed by atoms with van der Waals surface area (Å²) >= 11 is 0. The summed E-state index contributed by atoms with van der Waals surface area (Å²) in [5.41, 5.74) is 18.4. The lowest BCUT2D eigenvalue weighted by atomic mass is 9.79. The highest BCUT2D eigenvalue weighted by Gasteiger charge is 2.37. The standard InChI is InChI=1S/C63H45N/c1-63(2)60-26-9-7-22-58(60)59-25-13-24-57(62(59)63)45-32-37-51(38-33-45)64(50-35-30-42(31-36-50)46-34-39-55-49(40-46)29-28-44-15-4-6-20-53(44)55)61-27-10-8-21-56(61)48-18-11-17-47(41-48)54-23-12-16-43-14-3-5-19-52(43)54/h3-41H,1-2H3. The molecule has 0 aliphatic heterocycles. The number of rotatable bonds is 7. The fourth-order valence-corrected chi connectivity index (χ4v) is 10.5. The average molecular weight is 816 g/mol. The van der Waals surface area contributed by atoms with Crippen molar-refractivity contribution in [1.82, 2.24) is 0 Å². The summed E-state index contributed by atoms with van der Waals surface area (Å²) in [5.74, 6) is 0. The van der Waals surface area contributed by atoms with Crippen molar-refractivity contribution in [2.45, 2.75) is 19.3 Å². The highest BCUT2D eigenvalue weighted by atomic mass is 15.1. The summed E-state index contributed by atoms with van der Waals surface area (Å²) in [6.07, 6.45) is 0. The van der Waals surface area contributed by atoms with Crippen LogP contribution >= 0.6 is 0 Å². The van der Waals surface area contributed by atoms with Crippen molar-refractivity contribution in [2.24, 2.45) is 0 Å². The highest BCUT2D eigenvalue weighted by molar-refractivity contribution is 6.08. The van der Waals surface area contributed by atoms with Gasteiger partial charge in [-0.25, -0.2) is 0 Å². The number of hydrogen-bond acceptors (Lipinski definition) is 1. The van der Waals surface area contributed by atoms with Crippen LogP contribution in [0.5, 0.6) is 0 Å². The van der Waals surface area contributed by atoms with E-state index in [0.717, 1.165) is 17.1 Å². The van der Waals surface area contributed by atoms with Crippen molar-refractivity contribution in [1.29, 1.82) is 0 Å². The lowest BCUT2D eigenvalue weighted by Gasteiger charge is -2.29. The number of fused-ring (bicyclic) bond motifs is 7. The van der Waals surface area contributed by atoms with Crippen LogP contribution in [0.3, 0.4) is 0 Å². The molecule has 0 saturated carbocycles. The van der Waals surface area contributed by atoms with Gasteiger partial charge in [-0.1, -0.05) is 208 Å². The Balaban J connectivity index is 0.974. The van der Waals surface area contributed by atoms with Gasteiger partial charge in [0.1, 0.15) is 0 Å². The van der Waals surface area contributed by atoms with Gasteiger partial charge < -0.3 is 4.90 Å². The summed E-state index contributed by atoms with van der Waals surface area (Å²) < 4.78 is 0. The van der Waals surface area contributed by atoms with Crippen molar-refractivity contribution in [3.05, 3.63) is 248 Å². The maximum atomic E-state index is 2.43. The van der Waals surface area contributed by atoms with Crippen molar-refractivity contribution >= 4 is 49.4 Å². The molecule has 0 heterocycles. The minimum absolute atomic E-state index is 0.104. The lowest BCUT2D eigenvalue weighted by molar-refractivity contribution is 0.662. The zero-order chi connectivity index (χ0) is 42.8. The third-order valence-electron chi connectivity index (χ3n) is 13.6. The Morgan fingerprint density at radius 1 is 0.297 bits per heavy atom. The molecule has 0 unspecified atom stereocenters. The molecule has 64 heavy (non-hydrogen) atoms. The van der Waals surface area contributed by atoms with Crippen LogP contribution in [0.4, 0.5) is 17.1 Å². The smallest absolute Gasteiger partial charge is 0.0540 e. The second-order valence-corrected chi connectivity index (χ2v) is 17.7. The molecule has 0 aromatic heterocycles. The highest BCUT2D eigenvalue weighted by Crippen LogP contribution is 2.52. The minimum atomic E-state index is -0.104. The number of anilines is 3. The molecule has 0 saturated heterocycles. The molecule has 0 radical (unpaired) electrons. The Morgan fingerprint density at radius 2 is 0.812 bits per heavy atom. The van der Waals surface area contributed by atoms with Crippen LogP contribution in [0.25, 0.3) is 88.0 Å². The van der Waals surface area contributed by atoms with E-state index in [9.17, 15) is 0 Å². The van der Waals surface area contributed by atoms with Crippen molar-refractivity contribution in [2.75, 3.05) is 4.90 Å². The van der Waals surface area contributed by atoms with E-state index in [2.05, 4.69) is 255 Å². The Kier molecular flexibility index (Phi) is 8.91. The van der Waals surface area contributed by atoms with Gasteiger partial charge in [0, 0.05) is 22.4 Å². The van der Waals surface area contributed by atoms with Gasteiger partial charge in [-0.3, -0.25) is 0 Å². The van der Waals surface area contributed by atoms with Gasteiger partial charge in [0.2, 0.25) is 0 Å². The second-order valence-electron chi connectivity index (χ2n) is 17.7. The first kappa shape index (κ1) is 37.7. The number of hydrogen-bond donors (Lipinski definition) is 0. The van der Waals surface area contributed by atoms with Crippen LogP contribution < -0.4 is 4.90 Å². The van der Waals surface area contributed by atoms with E-state index in [-0.39, 0.29) is 5.41 Å². The Hall–Kier alpha value is -8.00. The number of benzene rings is 11. The molecule has 0 N–H and O–H groups in total. The van der Waals surface area contributed by atoms with Gasteiger partial charge in [0.25, 0.3) is 0 Å². The van der Waals surface area contributed by atoms with E-state index < -0.39 is 0 Å². The van der Waals surface area contributed by atoms with Crippen LogP contribution in [-0.2, 0) is 5.41 Å². The Labute approximate surface area is 375 Å². The molecule has 302 valence electrons. The molecule has 0 fully saturated rings. The van der Waals surface area contributed by atoms with E-state index in [1.165, 1.54) is 99.1 Å².